The van der Waals surface area contributed by atoms with Gasteiger partial charge in [-0.3, -0.25) is 0 Å². The van der Waals surface area contributed by atoms with Crippen LogP contribution in [0.1, 0.15) is 29.0 Å². The first-order chi connectivity index (χ1) is 10.0. The summed E-state index contributed by atoms with van der Waals surface area (Å²) >= 11 is 6.18. The van der Waals surface area contributed by atoms with Gasteiger partial charge >= 0.3 is 0 Å². The van der Waals surface area contributed by atoms with Crippen molar-refractivity contribution >= 4 is 39.4 Å². The van der Waals surface area contributed by atoms with E-state index in [1.54, 1.807) is 0 Å². The van der Waals surface area contributed by atoms with Crippen molar-refractivity contribution in [3.8, 4) is 0 Å². The Morgan fingerprint density at radius 2 is 1.90 bits per heavy atom. The molecule has 1 heterocycles. The summed E-state index contributed by atoms with van der Waals surface area (Å²) in [7, 11) is 0. The molecule has 3 nitrogen and oxygen atoms in total. The number of aromatic nitrogens is 1. The van der Waals surface area contributed by atoms with Gasteiger partial charge in [-0.05, 0) is 37.8 Å². The van der Waals surface area contributed by atoms with E-state index in [0.29, 0.717) is 5.13 Å². The standard InChI is InChI=1S/C14H13F2N3S2/c15-8-5-7(13(17)20)6-9(16)12(8)19-14-18-10-3-1-2-4-11(10)21-14/h5-6H,1-4H2,(H2,17,20)(H,18,19). The molecule has 110 valence electrons. The minimum absolute atomic E-state index is 0.0379. The minimum atomic E-state index is -0.731. The summed E-state index contributed by atoms with van der Waals surface area (Å²) < 4.78 is 28.0. The molecular weight excluding hydrogens is 312 g/mol. The van der Waals surface area contributed by atoms with Crippen LogP contribution in [0.3, 0.4) is 0 Å². The van der Waals surface area contributed by atoms with Crippen molar-refractivity contribution in [2.45, 2.75) is 25.7 Å². The van der Waals surface area contributed by atoms with Crippen molar-refractivity contribution in [2.75, 3.05) is 5.32 Å². The molecule has 21 heavy (non-hydrogen) atoms. The zero-order chi connectivity index (χ0) is 15.0. The molecule has 7 heteroatoms. The molecule has 2 aromatic rings. The Kier molecular flexibility index (Phi) is 3.86. The van der Waals surface area contributed by atoms with Gasteiger partial charge < -0.3 is 11.1 Å². The summed E-state index contributed by atoms with van der Waals surface area (Å²) in [6.07, 6.45) is 4.17. The number of thiazole rings is 1. The minimum Gasteiger partial charge on any atom is -0.389 e. The quantitative estimate of drug-likeness (QED) is 0.845. The number of anilines is 2. The summed E-state index contributed by atoms with van der Waals surface area (Å²) in [5, 5.41) is 3.25. The predicted octanol–water partition coefficient (Wildman–Crippen LogP) is 3.68. The third-order valence-corrected chi connectivity index (χ3v) is 4.71. The maximum absolute atomic E-state index is 14.0. The van der Waals surface area contributed by atoms with Crippen molar-refractivity contribution in [1.82, 2.24) is 4.98 Å². The number of aryl methyl sites for hydroxylation is 2. The van der Waals surface area contributed by atoms with Crippen LogP contribution in [0.25, 0.3) is 0 Å². The van der Waals surface area contributed by atoms with Gasteiger partial charge in [0, 0.05) is 10.4 Å². The molecule has 1 aromatic heterocycles. The van der Waals surface area contributed by atoms with Crippen LogP contribution in [-0.2, 0) is 12.8 Å². The van der Waals surface area contributed by atoms with E-state index >= 15 is 0 Å². The number of nitrogens with one attached hydrogen (secondary N) is 1. The molecule has 1 aliphatic rings. The van der Waals surface area contributed by atoms with Crippen LogP contribution in [-0.4, -0.2) is 9.97 Å². The van der Waals surface area contributed by atoms with Gasteiger partial charge in [-0.25, -0.2) is 13.8 Å². The maximum atomic E-state index is 14.0. The first-order valence-corrected chi connectivity index (χ1v) is 7.81. The van der Waals surface area contributed by atoms with Crippen molar-refractivity contribution in [3.63, 3.8) is 0 Å². The normalized spacial score (nSPS) is 13.8. The highest BCUT2D eigenvalue weighted by Gasteiger charge is 2.18. The summed E-state index contributed by atoms with van der Waals surface area (Å²) in [4.78, 5) is 5.57. The lowest BCUT2D eigenvalue weighted by atomic mass is 10.0. The first-order valence-electron chi connectivity index (χ1n) is 6.59. The van der Waals surface area contributed by atoms with E-state index in [1.807, 2.05) is 0 Å². The predicted molar refractivity (Wildman–Crippen MR) is 84.3 cm³/mol. The number of hydrogen-bond donors (Lipinski definition) is 2. The molecule has 0 bridgehead atoms. The Bertz CT molecular complexity index is 666. The SMILES string of the molecule is NC(=S)c1cc(F)c(Nc2nc3c(s2)CCCC3)c(F)c1. The highest BCUT2D eigenvalue weighted by atomic mass is 32.1. The fourth-order valence-corrected chi connectivity index (χ4v) is 3.52. The molecule has 0 fully saturated rings. The summed E-state index contributed by atoms with van der Waals surface area (Å²) in [5.74, 6) is -1.46. The molecule has 3 rings (SSSR count). The highest BCUT2D eigenvalue weighted by Crippen LogP contribution is 2.32. The van der Waals surface area contributed by atoms with Gasteiger partial charge in [0.25, 0.3) is 0 Å². The topological polar surface area (TPSA) is 50.9 Å². The lowest BCUT2D eigenvalue weighted by Gasteiger charge is -2.08. The number of nitrogens with two attached hydrogens (primary N) is 1. The fraction of sp³-hybridized carbons (Fsp3) is 0.286. The average molecular weight is 325 g/mol. The van der Waals surface area contributed by atoms with E-state index in [4.69, 9.17) is 18.0 Å². The Morgan fingerprint density at radius 3 is 2.52 bits per heavy atom. The lowest BCUT2D eigenvalue weighted by Crippen LogP contribution is -2.11. The number of nitrogens with zero attached hydrogens (tertiary/aromatic N) is 1. The van der Waals surface area contributed by atoms with Crippen LogP contribution in [0, 0.1) is 11.6 Å². The van der Waals surface area contributed by atoms with Crippen molar-refractivity contribution < 1.29 is 8.78 Å². The third-order valence-electron chi connectivity index (χ3n) is 3.40. The summed E-state index contributed by atoms with van der Waals surface area (Å²) in [6.45, 7) is 0. The summed E-state index contributed by atoms with van der Waals surface area (Å²) in [6, 6.07) is 2.25. The first kappa shape index (κ1) is 14.3. The molecule has 0 amide bonds. The molecule has 1 aliphatic carbocycles. The largest absolute Gasteiger partial charge is 0.389 e. The van der Waals surface area contributed by atoms with Gasteiger partial charge in [0.15, 0.2) is 5.13 Å². The highest BCUT2D eigenvalue weighted by molar-refractivity contribution is 7.80. The second-order valence-electron chi connectivity index (χ2n) is 4.90. The van der Waals surface area contributed by atoms with Gasteiger partial charge in [-0.15, -0.1) is 11.3 Å². The van der Waals surface area contributed by atoms with Crippen LogP contribution in [0.4, 0.5) is 19.6 Å². The van der Waals surface area contributed by atoms with Gasteiger partial charge in [0.2, 0.25) is 0 Å². The molecule has 1 aromatic carbocycles. The monoisotopic (exact) mass is 325 g/mol. The number of thiocarbonyl (C=S) groups is 1. The zero-order valence-electron chi connectivity index (χ0n) is 11.1. The van der Waals surface area contributed by atoms with E-state index in [-0.39, 0.29) is 16.2 Å². The molecule has 0 unspecified atom stereocenters. The van der Waals surface area contributed by atoms with Crippen molar-refractivity contribution in [3.05, 3.63) is 39.9 Å². The Hall–Kier alpha value is -1.60. The molecular formula is C14H13F2N3S2. The van der Waals surface area contributed by atoms with Crippen LogP contribution in [0.2, 0.25) is 0 Å². The number of rotatable bonds is 3. The molecule has 0 saturated heterocycles. The number of halogens is 2. The van der Waals surface area contributed by atoms with E-state index in [1.165, 1.54) is 16.2 Å². The van der Waals surface area contributed by atoms with Crippen molar-refractivity contribution in [1.29, 1.82) is 0 Å². The van der Waals surface area contributed by atoms with E-state index in [0.717, 1.165) is 43.5 Å². The molecule has 0 aliphatic heterocycles. The second-order valence-corrected chi connectivity index (χ2v) is 6.42. The molecule has 0 radical (unpaired) electrons. The Labute approximate surface area is 130 Å². The Morgan fingerprint density at radius 1 is 1.24 bits per heavy atom. The molecule has 0 saturated carbocycles. The van der Waals surface area contributed by atoms with E-state index < -0.39 is 11.6 Å². The van der Waals surface area contributed by atoms with Crippen LogP contribution >= 0.6 is 23.6 Å². The number of hydrogen-bond acceptors (Lipinski definition) is 4. The van der Waals surface area contributed by atoms with Gasteiger partial charge in [-0.2, -0.15) is 0 Å². The van der Waals surface area contributed by atoms with Crippen LogP contribution in [0.15, 0.2) is 12.1 Å². The van der Waals surface area contributed by atoms with Crippen LogP contribution in [0.5, 0.6) is 0 Å². The van der Waals surface area contributed by atoms with Gasteiger partial charge in [0.1, 0.15) is 22.3 Å². The number of fused-ring (bicyclic) bond motifs is 1. The van der Waals surface area contributed by atoms with Crippen LogP contribution < -0.4 is 11.1 Å². The van der Waals surface area contributed by atoms with Gasteiger partial charge in [0.05, 0.1) is 5.69 Å². The molecule has 0 atom stereocenters. The smallest absolute Gasteiger partial charge is 0.187 e. The summed E-state index contributed by atoms with van der Waals surface area (Å²) in [5.41, 5.74) is 6.37. The van der Waals surface area contributed by atoms with E-state index in [2.05, 4.69) is 10.3 Å². The number of benzene rings is 1. The lowest BCUT2D eigenvalue weighted by molar-refractivity contribution is 0.590. The average Bonchev–Trinajstić information content (AvgIpc) is 2.85. The molecule has 0 spiro atoms. The molecule has 3 N–H and O–H groups in total. The van der Waals surface area contributed by atoms with Gasteiger partial charge in [-0.1, -0.05) is 12.2 Å². The fourth-order valence-electron chi connectivity index (χ4n) is 2.35. The van der Waals surface area contributed by atoms with E-state index in [9.17, 15) is 8.78 Å². The zero-order valence-corrected chi connectivity index (χ0v) is 12.7. The maximum Gasteiger partial charge on any atom is 0.187 e. The third kappa shape index (κ3) is 2.89. The van der Waals surface area contributed by atoms with Crippen molar-refractivity contribution in [2.24, 2.45) is 5.73 Å². The second kappa shape index (κ2) is 5.65. The Balaban J connectivity index is 1.91.